The molecular weight excluding hydrogens is 396 g/mol. The molecule has 0 aliphatic carbocycles. The maximum Gasteiger partial charge on any atom is 0.311 e. The van der Waals surface area contributed by atoms with E-state index in [1.54, 1.807) is 0 Å². The van der Waals surface area contributed by atoms with Crippen LogP contribution in [-0.2, 0) is 9.59 Å². The molecule has 0 aromatic heterocycles. The van der Waals surface area contributed by atoms with Gasteiger partial charge in [0.1, 0.15) is 11.5 Å². The number of unbranched alkanes of at least 4 members (excludes halogenated alkanes) is 3. The molecule has 30 heavy (non-hydrogen) atoms. The molecule has 10 heteroatoms. The highest BCUT2D eigenvalue weighted by Gasteiger charge is 2.10. The third-order valence-corrected chi connectivity index (χ3v) is 4.07. The van der Waals surface area contributed by atoms with Gasteiger partial charge in [-0.3, -0.25) is 29.8 Å². The number of nitro benzene ring substituents is 2. The Balaban J connectivity index is 1.57. The van der Waals surface area contributed by atoms with Crippen LogP contribution in [0.1, 0.15) is 38.5 Å². The largest absolute Gasteiger partial charge is 0.427 e. The summed E-state index contributed by atoms with van der Waals surface area (Å²) in [6.45, 7) is 0. The zero-order valence-corrected chi connectivity index (χ0v) is 16.0. The van der Waals surface area contributed by atoms with Crippen molar-refractivity contribution in [2.45, 2.75) is 38.5 Å². The van der Waals surface area contributed by atoms with E-state index in [1.165, 1.54) is 48.5 Å². The van der Waals surface area contributed by atoms with Crippen molar-refractivity contribution in [2.75, 3.05) is 0 Å². The Bertz CT molecular complexity index is 819. The predicted octanol–water partition coefficient (Wildman–Crippen LogP) is 4.35. The molecule has 0 atom stereocenters. The summed E-state index contributed by atoms with van der Waals surface area (Å²) in [7, 11) is 0. The van der Waals surface area contributed by atoms with Gasteiger partial charge >= 0.3 is 11.9 Å². The first-order chi connectivity index (χ1) is 14.3. The van der Waals surface area contributed by atoms with Crippen LogP contribution in [0.2, 0.25) is 0 Å². The lowest BCUT2D eigenvalue weighted by Gasteiger charge is -2.05. The number of rotatable bonds is 11. The summed E-state index contributed by atoms with van der Waals surface area (Å²) in [6, 6.07) is 10.5. The van der Waals surface area contributed by atoms with Crippen molar-refractivity contribution in [3.8, 4) is 11.5 Å². The van der Waals surface area contributed by atoms with E-state index in [0.717, 1.165) is 12.8 Å². The molecule has 0 bridgehead atoms. The molecule has 0 heterocycles. The quantitative estimate of drug-likeness (QED) is 0.173. The predicted molar refractivity (Wildman–Crippen MR) is 105 cm³/mol. The van der Waals surface area contributed by atoms with E-state index in [-0.39, 0.29) is 35.7 Å². The van der Waals surface area contributed by atoms with E-state index in [2.05, 4.69) is 0 Å². The summed E-state index contributed by atoms with van der Waals surface area (Å²) in [4.78, 5) is 43.6. The molecule has 0 radical (unpaired) electrons. The number of esters is 2. The fourth-order valence-corrected chi connectivity index (χ4v) is 2.53. The van der Waals surface area contributed by atoms with Crippen LogP contribution in [0.3, 0.4) is 0 Å². The monoisotopic (exact) mass is 416 g/mol. The van der Waals surface area contributed by atoms with Gasteiger partial charge in [-0.25, -0.2) is 0 Å². The molecule has 0 saturated heterocycles. The smallest absolute Gasteiger partial charge is 0.311 e. The van der Waals surface area contributed by atoms with Gasteiger partial charge in [-0.1, -0.05) is 12.8 Å². The number of carbonyl (C=O) groups is 2. The maximum atomic E-state index is 11.8. The van der Waals surface area contributed by atoms with Gasteiger partial charge in [-0.05, 0) is 37.1 Å². The number of hydrogen-bond donors (Lipinski definition) is 0. The Labute approximate surface area is 171 Å². The molecule has 2 rings (SSSR count). The van der Waals surface area contributed by atoms with Crippen molar-refractivity contribution < 1.29 is 28.9 Å². The van der Waals surface area contributed by atoms with Gasteiger partial charge in [-0.15, -0.1) is 0 Å². The normalized spacial score (nSPS) is 10.3. The van der Waals surface area contributed by atoms with Crippen molar-refractivity contribution in [1.29, 1.82) is 0 Å². The average molecular weight is 416 g/mol. The molecule has 0 N–H and O–H groups in total. The van der Waals surface area contributed by atoms with Crippen LogP contribution in [0.5, 0.6) is 11.5 Å². The second kappa shape index (κ2) is 11.2. The van der Waals surface area contributed by atoms with Crippen molar-refractivity contribution in [2.24, 2.45) is 0 Å². The van der Waals surface area contributed by atoms with Gasteiger partial charge in [0, 0.05) is 37.1 Å². The van der Waals surface area contributed by atoms with E-state index >= 15 is 0 Å². The van der Waals surface area contributed by atoms with Crippen molar-refractivity contribution in [3.63, 3.8) is 0 Å². The number of hydrogen-bond acceptors (Lipinski definition) is 8. The molecule has 0 saturated carbocycles. The minimum Gasteiger partial charge on any atom is -0.427 e. The van der Waals surface area contributed by atoms with Crippen LogP contribution in [-0.4, -0.2) is 21.8 Å². The molecule has 158 valence electrons. The first-order valence-electron chi connectivity index (χ1n) is 9.25. The Morgan fingerprint density at radius 2 is 0.967 bits per heavy atom. The van der Waals surface area contributed by atoms with Crippen molar-refractivity contribution >= 4 is 23.3 Å². The Hall–Kier alpha value is -3.82. The average Bonchev–Trinajstić information content (AvgIpc) is 2.71. The number of carbonyl (C=O) groups excluding carboxylic acids is 2. The number of nitro groups is 2. The standard InChI is InChI=1S/C20H20N2O8/c23-19(29-17-11-7-15(8-12-17)21(25)26)5-3-1-2-4-6-20(24)30-18-13-9-16(10-14-18)22(27)28/h7-14H,1-6H2. The summed E-state index contributed by atoms with van der Waals surface area (Å²) >= 11 is 0. The fraction of sp³-hybridized carbons (Fsp3) is 0.300. The summed E-state index contributed by atoms with van der Waals surface area (Å²) in [5.41, 5.74) is -0.163. The molecule has 0 aliphatic rings. The van der Waals surface area contributed by atoms with Gasteiger partial charge in [0.2, 0.25) is 0 Å². The third kappa shape index (κ3) is 7.66. The number of nitrogens with zero attached hydrogens (tertiary/aromatic N) is 2. The zero-order valence-electron chi connectivity index (χ0n) is 16.0. The minimum atomic E-state index is -0.534. The van der Waals surface area contributed by atoms with Crippen LogP contribution in [0.25, 0.3) is 0 Å². The fourth-order valence-electron chi connectivity index (χ4n) is 2.53. The Morgan fingerprint density at radius 3 is 1.27 bits per heavy atom. The van der Waals surface area contributed by atoms with E-state index in [9.17, 15) is 29.8 Å². The van der Waals surface area contributed by atoms with Gasteiger partial charge in [0.05, 0.1) is 9.85 Å². The highest BCUT2D eigenvalue weighted by molar-refractivity contribution is 5.72. The zero-order chi connectivity index (χ0) is 21.9. The van der Waals surface area contributed by atoms with Gasteiger partial charge in [0.15, 0.2) is 0 Å². The van der Waals surface area contributed by atoms with E-state index < -0.39 is 21.8 Å². The van der Waals surface area contributed by atoms with Crippen molar-refractivity contribution in [3.05, 3.63) is 68.8 Å². The first-order valence-corrected chi connectivity index (χ1v) is 9.25. The molecule has 0 aliphatic heterocycles. The van der Waals surface area contributed by atoms with Crippen LogP contribution in [0.15, 0.2) is 48.5 Å². The van der Waals surface area contributed by atoms with Crippen molar-refractivity contribution in [1.82, 2.24) is 0 Å². The van der Waals surface area contributed by atoms with Gasteiger partial charge < -0.3 is 9.47 Å². The van der Waals surface area contributed by atoms with E-state index in [0.29, 0.717) is 12.8 Å². The van der Waals surface area contributed by atoms with Crippen LogP contribution < -0.4 is 9.47 Å². The SMILES string of the molecule is O=C(CCCCCCC(=O)Oc1ccc([N+](=O)[O-])cc1)Oc1ccc([N+](=O)[O-])cc1. The molecule has 0 spiro atoms. The molecule has 2 aromatic carbocycles. The first kappa shape index (κ1) is 22.5. The van der Waals surface area contributed by atoms with E-state index in [1.807, 2.05) is 0 Å². The van der Waals surface area contributed by atoms with Crippen LogP contribution in [0.4, 0.5) is 11.4 Å². The van der Waals surface area contributed by atoms with Crippen LogP contribution in [0, 0.1) is 20.2 Å². The number of non-ortho nitro benzene ring substituents is 2. The lowest BCUT2D eigenvalue weighted by Crippen LogP contribution is -2.08. The maximum absolute atomic E-state index is 11.8. The molecule has 0 unspecified atom stereocenters. The lowest BCUT2D eigenvalue weighted by molar-refractivity contribution is -0.385. The van der Waals surface area contributed by atoms with E-state index in [4.69, 9.17) is 9.47 Å². The summed E-state index contributed by atoms with van der Waals surface area (Å²) < 4.78 is 10.2. The Morgan fingerprint density at radius 1 is 0.633 bits per heavy atom. The summed E-state index contributed by atoms with van der Waals surface area (Å²) in [6.07, 6.45) is 3.02. The topological polar surface area (TPSA) is 139 Å². The Kier molecular flexibility index (Phi) is 8.42. The molecule has 0 fully saturated rings. The minimum absolute atomic E-state index is 0.0816. The molecule has 10 nitrogen and oxygen atoms in total. The summed E-state index contributed by atoms with van der Waals surface area (Å²) in [5, 5.41) is 21.2. The summed E-state index contributed by atoms with van der Waals surface area (Å²) in [5.74, 6) is -0.359. The molecular formula is C20H20N2O8. The lowest BCUT2D eigenvalue weighted by atomic mass is 10.1. The molecule has 0 amide bonds. The second-order valence-corrected chi connectivity index (χ2v) is 6.36. The highest BCUT2D eigenvalue weighted by Crippen LogP contribution is 2.19. The third-order valence-electron chi connectivity index (χ3n) is 4.07. The van der Waals surface area contributed by atoms with Crippen LogP contribution >= 0.6 is 0 Å². The second-order valence-electron chi connectivity index (χ2n) is 6.36. The molecule has 2 aromatic rings. The van der Waals surface area contributed by atoms with Gasteiger partial charge in [0.25, 0.3) is 11.4 Å². The number of benzene rings is 2. The number of ether oxygens (including phenoxy) is 2. The van der Waals surface area contributed by atoms with Gasteiger partial charge in [-0.2, -0.15) is 0 Å². The highest BCUT2D eigenvalue weighted by atomic mass is 16.6.